The Kier molecular flexibility index (Phi) is 9.55. The molecule has 2 saturated carbocycles. The molecule has 0 aromatic heterocycles. The molecule has 0 spiro atoms. The van der Waals surface area contributed by atoms with E-state index >= 15 is 4.39 Å². The fourth-order valence-electron chi connectivity index (χ4n) is 6.90. The van der Waals surface area contributed by atoms with Crippen molar-refractivity contribution in [2.45, 2.75) is 103 Å². The summed E-state index contributed by atoms with van der Waals surface area (Å²) in [6.07, 6.45) is 11.1. The summed E-state index contributed by atoms with van der Waals surface area (Å²) in [6.45, 7) is 3.94. The van der Waals surface area contributed by atoms with Crippen LogP contribution >= 0.6 is 0 Å². The van der Waals surface area contributed by atoms with E-state index in [1.807, 2.05) is 0 Å². The van der Waals surface area contributed by atoms with E-state index in [4.69, 9.17) is 0 Å². The number of hydrogen-bond acceptors (Lipinski definition) is 1. The molecule has 0 bridgehead atoms. The quantitative estimate of drug-likeness (QED) is 0.363. The number of rotatable bonds is 9. The van der Waals surface area contributed by atoms with E-state index in [9.17, 15) is 13.9 Å². The largest absolute Gasteiger partial charge is 0.389 e. The van der Waals surface area contributed by atoms with Crippen LogP contribution in [0.3, 0.4) is 0 Å². The standard InChI is InChI=1S/C32H43F3O/c1-3-4-22-5-10-25(11-6-22)26-12-7-23(8-13-26)9-14-28-19-20-29(30(31(28)33)32(34)35)27-17-15-24(16-18-27)21(2)36/h15-23,25-26,32,36H,3-14H2,1-2H3. The summed E-state index contributed by atoms with van der Waals surface area (Å²) in [7, 11) is 0. The smallest absolute Gasteiger partial charge is 0.267 e. The Morgan fingerprint density at radius 3 is 1.86 bits per heavy atom. The Hall–Kier alpha value is -1.81. The molecule has 1 unspecified atom stereocenters. The van der Waals surface area contributed by atoms with Crippen molar-refractivity contribution in [1.82, 2.24) is 0 Å². The van der Waals surface area contributed by atoms with Gasteiger partial charge in [-0.2, -0.15) is 0 Å². The second kappa shape index (κ2) is 12.6. The van der Waals surface area contributed by atoms with Crippen molar-refractivity contribution in [3.8, 4) is 11.1 Å². The van der Waals surface area contributed by atoms with E-state index in [0.717, 1.165) is 24.2 Å². The maximum atomic E-state index is 15.3. The average Bonchev–Trinajstić information content (AvgIpc) is 2.88. The predicted molar refractivity (Wildman–Crippen MR) is 142 cm³/mol. The van der Waals surface area contributed by atoms with E-state index < -0.39 is 23.9 Å². The third kappa shape index (κ3) is 6.54. The van der Waals surface area contributed by atoms with Gasteiger partial charge in [-0.05, 0) is 91.4 Å². The zero-order chi connectivity index (χ0) is 25.7. The van der Waals surface area contributed by atoms with Crippen LogP contribution in [0.25, 0.3) is 11.1 Å². The number of alkyl halides is 2. The Morgan fingerprint density at radius 1 is 0.806 bits per heavy atom. The molecule has 2 aromatic rings. The Bertz CT molecular complexity index is 952. The van der Waals surface area contributed by atoms with Gasteiger partial charge in [0.15, 0.2) is 0 Å². The molecule has 0 amide bonds. The molecule has 4 heteroatoms. The number of halogens is 3. The van der Waals surface area contributed by atoms with E-state index in [1.54, 1.807) is 43.3 Å². The average molecular weight is 501 g/mol. The first-order chi connectivity index (χ1) is 17.4. The molecule has 0 aliphatic heterocycles. The zero-order valence-electron chi connectivity index (χ0n) is 22.0. The highest BCUT2D eigenvalue weighted by atomic mass is 19.3. The second-order valence-corrected chi connectivity index (χ2v) is 11.5. The lowest BCUT2D eigenvalue weighted by atomic mass is 9.68. The summed E-state index contributed by atoms with van der Waals surface area (Å²) < 4.78 is 43.2. The van der Waals surface area contributed by atoms with Crippen molar-refractivity contribution >= 4 is 0 Å². The van der Waals surface area contributed by atoms with Gasteiger partial charge in [0.05, 0.1) is 11.7 Å². The molecule has 0 heterocycles. The molecule has 4 rings (SSSR count). The van der Waals surface area contributed by atoms with Gasteiger partial charge in [0.25, 0.3) is 6.43 Å². The van der Waals surface area contributed by atoms with Gasteiger partial charge in [0.1, 0.15) is 5.82 Å². The Morgan fingerprint density at radius 2 is 1.36 bits per heavy atom. The summed E-state index contributed by atoms with van der Waals surface area (Å²) in [6, 6.07) is 10.1. The SMILES string of the molecule is CCCC1CCC(C2CCC(CCc3ccc(-c4ccc(C(C)O)cc4)c(C(F)F)c3F)CC2)CC1. The maximum absolute atomic E-state index is 15.3. The number of aliphatic hydroxyl groups is 1. The van der Waals surface area contributed by atoms with Crippen LogP contribution < -0.4 is 0 Å². The fraction of sp³-hybridized carbons (Fsp3) is 0.625. The lowest BCUT2D eigenvalue weighted by Crippen LogP contribution is -2.26. The molecule has 1 atom stereocenters. The first-order valence-corrected chi connectivity index (χ1v) is 14.2. The number of benzene rings is 2. The van der Waals surface area contributed by atoms with Gasteiger partial charge in [-0.3, -0.25) is 0 Å². The van der Waals surface area contributed by atoms with Crippen LogP contribution in [0.5, 0.6) is 0 Å². The van der Waals surface area contributed by atoms with Gasteiger partial charge < -0.3 is 5.11 Å². The molecule has 2 aliphatic rings. The zero-order valence-corrected chi connectivity index (χ0v) is 22.0. The minimum Gasteiger partial charge on any atom is -0.389 e. The van der Waals surface area contributed by atoms with Gasteiger partial charge in [-0.15, -0.1) is 0 Å². The van der Waals surface area contributed by atoms with Crippen molar-refractivity contribution in [2.75, 3.05) is 0 Å². The second-order valence-electron chi connectivity index (χ2n) is 11.5. The normalized spacial score (nSPS) is 25.8. The van der Waals surface area contributed by atoms with Crippen LogP contribution in [0.2, 0.25) is 0 Å². The molecule has 2 fully saturated rings. The van der Waals surface area contributed by atoms with Gasteiger partial charge in [0.2, 0.25) is 0 Å². The summed E-state index contributed by atoms with van der Waals surface area (Å²) in [5.74, 6) is 2.52. The van der Waals surface area contributed by atoms with Crippen molar-refractivity contribution < 1.29 is 18.3 Å². The van der Waals surface area contributed by atoms with Crippen molar-refractivity contribution in [3.05, 3.63) is 58.9 Å². The van der Waals surface area contributed by atoms with Gasteiger partial charge >= 0.3 is 0 Å². The van der Waals surface area contributed by atoms with E-state index in [1.165, 1.54) is 64.2 Å². The molecule has 0 radical (unpaired) electrons. The third-order valence-electron chi connectivity index (χ3n) is 9.15. The Labute approximate surface area is 215 Å². The van der Waals surface area contributed by atoms with Crippen LogP contribution in [-0.4, -0.2) is 5.11 Å². The van der Waals surface area contributed by atoms with Crippen LogP contribution in [-0.2, 0) is 6.42 Å². The third-order valence-corrected chi connectivity index (χ3v) is 9.15. The number of aryl methyl sites for hydroxylation is 1. The van der Waals surface area contributed by atoms with Crippen LogP contribution in [0.1, 0.15) is 114 Å². The first-order valence-electron chi connectivity index (χ1n) is 14.2. The molecule has 2 aromatic carbocycles. The highest BCUT2D eigenvalue weighted by Crippen LogP contribution is 2.43. The first kappa shape index (κ1) is 27.2. The van der Waals surface area contributed by atoms with Gasteiger partial charge in [-0.25, -0.2) is 13.2 Å². The molecule has 1 N–H and O–H groups in total. The predicted octanol–water partition coefficient (Wildman–Crippen LogP) is 9.83. The van der Waals surface area contributed by atoms with E-state index in [2.05, 4.69) is 6.92 Å². The maximum Gasteiger partial charge on any atom is 0.267 e. The van der Waals surface area contributed by atoms with Gasteiger partial charge in [-0.1, -0.05) is 81.8 Å². The highest BCUT2D eigenvalue weighted by molar-refractivity contribution is 5.69. The van der Waals surface area contributed by atoms with Crippen molar-refractivity contribution in [2.24, 2.45) is 23.7 Å². The lowest BCUT2D eigenvalue weighted by Gasteiger charge is -2.38. The molecule has 2 aliphatic carbocycles. The van der Waals surface area contributed by atoms with E-state index in [0.29, 0.717) is 29.0 Å². The van der Waals surface area contributed by atoms with Crippen LogP contribution in [0.4, 0.5) is 13.2 Å². The fourth-order valence-corrected chi connectivity index (χ4v) is 6.90. The minimum atomic E-state index is -2.88. The number of aliphatic hydroxyl groups excluding tert-OH is 1. The monoisotopic (exact) mass is 500 g/mol. The topological polar surface area (TPSA) is 20.2 Å². The molecule has 0 saturated heterocycles. The molecular formula is C32H43F3O. The lowest BCUT2D eigenvalue weighted by molar-refractivity contribution is 0.140. The Balaban J connectivity index is 1.34. The highest BCUT2D eigenvalue weighted by Gasteiger charge is 2.31. The van der Waals surface area contributed by atoms with Crippen molar-refractivity contribution in [3.63, 3.8) is 0 Å². The van der Waals surface area contributed by atoms with Crippen LogP contribution in [0, 0.1) is 29.5 Å². The summed E-state index contributed by atoms with van der Waals surface area (Å²) in [5, 5.41) is 9.70. The number of hydrogen-bond donors (Lipinski definition) is 1. The summed E-state index contributed by atoms with van der Waals surface area (Å²) in [4.78, 5) is 0. The van der Waals surface area contributed by atoms with Gasteiger partial charge in [0, 0.05) is 0 Å². The molecule has 1 nitrogen and oxygen atoms in total. The van der Waals surface area contributed by atoms with E-state index in [-0.39, 0.29) is 5.56 Å². The summed E-state index contributed by atoms with van der Waals surface area (Å²) in [5.41, 5.74) is 1.39. The van der Waals surface area contributed by atoms with Crippen LogP contribution in [0.15, 0.2) is 36.4 Å². The summed E-state index contributed by atoms with van der Waals surface area (Å²) >= 11 is 0. The minimum absolute atomic E-state index is 0.234. The molecular weight excluding hydrogens is 457 g/mol. The molecule has 36 heavy (non-hydrogen) atoms. The molecule has 198 valence electrons. The van der Waals surface area contributed by atoms with Crippen molar-refractivity contribution in [1.29, 1.82) is 0 Å².